The van der Waals surface area contributed by atoms with E-state index in [-0.39, 0.29) is 0 Å². The maximum absolute atomic E-state index is 8.79. The van der Waals surface area contributed by atoms with Gasteiger partial charge in [-0.1, -0.05) is 12.1 Å². The molecule has 0 aliphatic rings. The maximum atomic E-state index is 8.79. The van der Waals surface area contributed by atoms with Gasteiger partial charge in [-0.3, -0.25) is 0 Å². The number of hydrogen-bond acceptors (Lipinski definition) is 1. The zero-order valence-corrected chi connectivity index (χ0v) is 9.33. The molecule has 0 fully saturated rings. The monoisotopic (exact) mass is 198 g/mol. The molecule has 0 unspecified atom stereocenters. The summed E-state index contributed by atoms with van der Waals surface area (Å²) in [5, 5.41) is 10.0. The van der Waals surface area contributed by atoms with Crippen LogP contribution in [0.15, 0.2) is 18.3 Å². The van der Waals surface area contributed by atoms with E-state index in [0.29, 0.717) is 6.42 Å². The van der Waals surface area contributed by atoms with Crippen LogP contribution in [-0.2, 0) is 13.5 Å². The van der Waals surface area contributed by atoms with E-state index in [0.717, 1.165) is 5.56 Å². The highest BCUT2D eigenvalue weighted by Gasteiger charge is 2.10. The first-order valence-corrected chi connectivity index (χ1v) is 5.06. The Morgan fingerprint density at radius 3 is 2.60 bits per heavy atom. The minimum atomic E-state index is 0.488. The molecule has 76 valence electrons. The Morgan fingerprint density at radius 1 is 1.27 bits per heavy atom. The molecule has 1 aromatic carbocycles. The molecular weight excluding hydrogens is 184 g/mol. The third-order valence-corrected chi connectivity index (χ3v) is 2.88. The van der Waals surface area contributed by atoms with Crippen LogP contribution < -0.4 is 0 Å². The van der Waals surface area contributed by atoms with Gasteiger partial charge < -0.3 is 4.57 Å². The van der Waals surface area contributed by atoms with Crippen molar-refractivity contribution in [3.05, 3.63) is 35.0 Å². The lowest BCUT2D eigenvalue weighted by atomic mass is 10.0. The SMILES string of the molecule is Cc1ccc(C)c2c1c(CC#N)cn2C. The highest BCUT2D eigenvalue weighted by Crippen LogP contribution is 2.27. The number of fused-ring (bicyclic) bond motifs is 1. The van der Waals surface area contributed by atoms with Crippen LogP contribution in [0, 0.1) is 25.2 Å². The molecule has 0 N–H and O–H groups in total. The fraction of sp³-hybridized carbons (Fsp3) is 0.308. The Labute approximate surface area is 89.7 Å². The Kier molecular flexibility index (Phi) is 2.24. The van der Waals surface area contributed by atoms with Crippen LogP contribution >= 0.6 is 0 Å². The maximum Gasteiger partial charge on any atom is 0.0670 e. The molecule has 0 atom stereocenters. The van der Waals surface area contributed by atoms with Crippen LogP contribution in [0.25, 0.3) is 10.9 Å². The van der Waals surface area contributed by atoms with E-state index in [1.165, 1.54) is 22.0 Å². The van der Waals surface area contributed by atoms with Gasteiger partial charge in [0, 0.05) is 18.6 Å². The second kappa shape index (κ2) is 3.43. The standard InChI is InChI=1S/C13H14N2/c1-9-4-5-10(2)13-12(9)11(6-7-14)8-15(13)3/h4-5,8H,6H2,1-3H3. The van der Waals surface area contributed by atoms with Crippen molar-refractivity contribution in [3.8, 4) is 6.07 Å². The predicted molar refractivity (Wildman–Crippen MR) is 61.7 cm³/mol. The second-order valence-corrected chi connectivity index (χ2v) is 4.02. The van der Waals surface area contributed by atoms with Gasteiger partial charge in [0.1, 0.15) is 0 Å². The molecule has 0 saturated heterocycles. The van der Waals surface area contributed by atoms with Gasteiger partial charge in [-0.15, -0.1) is 0 Å². The summed E-state index contributed by atoms with van der Waals surface area (Å²) in [5.74, 6) is 0. The first kappa shape index (κ1) is 9.79. The summed E-state index contributed by atoms with van der Waals surface area (Å²) in [6.45, 7) is 4.21. The lowest BCUT2D eigenvalue weighted by molar-refractivity contribution is 0.956. The van der Waals surface area contributed by atoms with Gasteiger partial charge >= 0.3 is 0 Å². The van der Waals surface area contributed by atoms with E-state index >= 15 is 0 Å². The van der Waals surface area contributed by atoms with Gasteiger partial charge in [0.25, 0.3) is 0 Å². The minimum Gasteiger partial charge on any atom is -0.350 e. The molecular formula is C13H14N2. The Hall–Kier alpha value is -1.75. The average Bonchev–Trinajstić information content (AvgIpc) is 2.51. The number of rotatable bonds is 1. The van der Waals surface area contributed by atoms with Crippen LogP contribution in [0.3, 0.4) is 0 Å². The van der Waals surface area contributed by atoms with E-state index < -0.39 is 0 Å². The van der Waals surface area contributed by atoms with E-state index in [4.69, 9.17) is 5.26 Å². The molecule has 0 spiro atoms. The Morgan fingerprint density at radius 2 is 1.93 bits per heavy atom. The van der Waals surface area contributed by atoms with Crippen LogP contribution in [0.2, 0.25) is 0 Å². The van der Waals surface area contributed by atoms with Crippen LogP contribution in [-0.4, -0.2) is 4.57 Å². The van der Waals surface area contributed by atoms with Crippen molar-refractivity contribution in [2.24, 2.45) is 7.05 Å². The first-order valence-electron chi connectivity index (χ1n) is 5.06. The molecule has 1 aromatic heterocycles. The molecule has 2 heteroatoms. The average molecular weight is 198 g/mol. The quantitative estimate of drug-likeness (QED) is 0.692. The highest BCUT2D eigenvalue weighted by atomic mass is 14.9. The van der Waals surface area contributed by atoms with Crippen molar-refractivity contribution in [3.63, 3.8) is 0 Å². The van der Waals surface area contributed by atoms with Gasteiger partial charge in [-0.2, -0.15) is 5.26 Å². The van der Waals surface area contributed by atoms with Gasteiger partial charge in [-0.05, 0) is 30.5 Å². The largest absolute Gasteiger partial charge is 0.350 e. The number of benzene rings is 1. The predicted octanol–water partition coefficient (Wildman–Crippen LogP) is 2.86. The summed E-state index contributed by atoms with van der Waals surface area (Å²) in [4.78, 5) is 0. The normalized spacial score (nSPS) is 10.5. The summed E-state index contributed by atoms with van der Waals surface area (Å²) < 4.78 is 2.12. The van der Waals surface area contributed by atoms with Crippen LogP contribution in [0.1, 0.15) is 16.7 Å². The molecule has 2 nitrogen and oxygen atoms in total. The van der Waals surface area contributed by atoms with Crippen molar-refractivity contribution in [1.29, 1.82) is 5.26 Å². The zero-order chi connectivity index (χ0) is 11.0. The summed E-state index contributed by atoms with van der Waals surface area (Å²) in [6.07, 6.45) is 2.55. The van der Waals surface area contributed by atoms with Crippen molar-refractivity contribution >= 4 is 10.9 Å². The zero-order valence-electron chi connectivity index (χ0n) is 9.33. The molecule has 1 heterocycles. The van der Waals surface area contributed by atoms with E-state index in [2.05, 4.69) is 42.8 Å². The first-order chi connectivity index (χ1) is 7.15. The molecule has 0 aliphatic carbocycles. The molecule has 2 aromatic rings. The van der Waals surface area contributed by atoms with Crippen molar-refractivity contribution < 1.29 is 0 Å². The van der Waals surface area contributed by atoms with Gasteiger partial charge in [0.2, 0.25) is 0 Å². The second-order valence-electron chi connectivity index (χ2n) is 4.02. The third kappa shape index (κ3) is 1.41. The number of aryl methyl sites for hydroxylation is 3. The van der Waals surface area contributed by atoms with Crippen LogP contribution in [0.4, 0.5) is 0 Å². The van der Waals surface area contributed by atoms with Crippen molar-refractivity contribution in [1.82, 2.24) is 4.57 Å². The molecule has 15 heavy (non-hydrogen) atoms. The highest BCUT2D eigenvalue weighted by molar-refractivity contribution is 5.89. The minimum absolute atomic E-state index is 0.488. The van der Waals surface area contributed by atoms with E-state index in [1.807, 2.05) is 7.05 Å². The summed E-state index contributed by atoms with van der Waals surface area (Å²) in [5.41, 5.74) is 4.90. The molecule has 0 amide bonds. The number of hydrogen-bond donors (Lipinski definition) is 0. The smallest absolute Gasteiger partial charge is 0.0670 e. The Balaban J connectivity index is 2.87. The van der Waals surface area contributed by atoms with E-state index in [1.54, 1.807) is 0 Å². The van der Waals surface area contributed by atoms with Gasteiger partial charge in [0.15, 0.2) is 0 Å². The lowest BCUT2D eigenvalue weighted by Gasteiger charge is -2.03. The summed E-state index contributed by atoms with van der Waals surface area (Å²) >= 11 is 0. The molecule has 0 bridgehead atoms. The molecule has 0 saturated carbocycles. The number of nitrogens with zero attached hydrogens (tertiary/aromatic N) is 2. The van der Waals surface area contributed by atoms with Crippen molar-refractivity contribution in [2.45, 2.75) is 20.3 Å². The van der Waals surface area contributed by atoms with Gasteiger partial charge in [-0.25, -0.2) is 0 Å². The number of nitriles is 1. The fourth-order valence-corrected chi connectivity index (χ4v) is 2.24. The fourth-order valence-electron chi connectivity index (χ4n) is 2.24. The molecule has 2 rings (SSSR count). The van der Waals surface area contributed by atoms with Crippen molar-refractivity contribution in [2.75, 3.05) is 0 Å². The molecule has 0 radical (unpaired) electrons. The molecule has 0 aliphatic heterocycles. The Bertz CT molecular complexity index is 556. The van der Waals surface area contributed by atoms with Crippen LogP contribution in [0.5, 0.6) is 0 Å². The summed E-state index contributed by atoms with van der Waals surface area (Å²) in [6, 6.07) is 6.48. The van der Waals surface area contributed by atoms with Gasteiger partial charge in [0.05, 0.1) is 18.0 Å². The third-order valence-electron chi connectivity index (χ3n) is 2.88. The van der Waals surface area contributed by atoms with E-state index in [9.17, 15) is 0 Å². The topological polar surface area (TPSA) is 28.7 Å². The number of aromatic nitrogens is 1. The lowest BCUT2D eigenvalue weighted by Crippen LogP contribution is -1.88. The summed E-state index contributed by atoms with van der Waals surface area (Å²) in [7, 11) is 2.04.